The molecule has 0 amide bonds. The van der Waals surface area contributed by atoms with Crippen molar-refractivity contribution in [3.63, 3.8) is 0 Å². The van der Waals surface area contributed by atoms with Crippen molar-refractivity contribution in [2.75, 3.05) is 13.2 Å². The zero-order valence-electron chi connectivity index (χ0n) is 11.8. The molecule has 1 aromatic heterocycles. The molecule has 20 heavy (non-hydrogen) atoms. The highest BCUT2D eigenvalue weighted by Gasteiger charge is 2.17. The fourth-order valence-electron chi connectivity index (χ4n) is 1.77. The molecule has 0 bridgehead atoms. The first-order valence-corrected chi connectivity index (χ1v) is 7.35. The molecule has 4 nitrogen and oxygen atoms in total. The molecule has 0 spiro atoms. The molecule has 0 saturated carbocycles. The van der Waals surface area contributed by atoms with Gasteiger partial charge in [0.15, 0.2) is 5.69 Å². The van der Waals surface area contributed by atoms with Crippen molar-refractivity contribution in [1.82, 2.24) is 4.98 Å². The SMILES string of the molecule is CCOC(=O)c1nc(-c2ccc(OCC)cc2)sc1C. The van der Waals surface area contributed by atoms with Crippen LogP contribution in [-0.2, 0) is 4.74 Å². The number of ether oxygens (including phenoxy) is 2. The fraction of sp³-hybridized carbons (Fsp3) is 0.333. The number of hydrogen-bond acceptors (Lipinski definition) is 5. The summed E-state index contributed by atoms with van der Waals surface area (Å²) in [7, 11) is 0. The third kappa shape index (κ3) is 3.17. The number of rotatable bonds is 5. The minimum absolute atomic E-state index is 0.355. The Morgan fingerprint density at radius 2 is 1.90 bits per heavy atom. The van der Waals surface area contributed by atoms with E-state index in [2.05, 4.69) is 4.98 Å². The van der Waals surface area contributed by atoms with Crippen LogP contribution in [0.3, 0.4) is 0 Å². The standard InChI is InChI=1S/C15H17NO3S/c1-4-18-12-8-6-11(7-9-12)14-16-13(10(3)20-14)15(17)19-5-2/h6-9H,4-5H2,1-3H3. The summed E-state index contributed by atoms with van der Waals surface area (Å²) in [5, 5.41) is 0.814. The highest BCUT2D eigenvalue weighted by atomic mass is 32.1. The van der Waals surface area contributed by atoms with Crippen LogP contribution in [0.15, 0.2) is 24.3 Å². The van der Waals surface area contributed by atoms with Gasteiger partial charge in [-0.1, -0.05) is 0 Å². The lowest BCUT2D eigenvalue weighted by molar-refractivity contribution is 0.0519. The average molecular weight is 291 g/mol. The van der Waals surface area contributed by atoms with Crippen LogP contribution in [0.25, 0.3) is 10.6 Å². The maximum absolute atomic E-state index is 11.8. The molecule has 2 aromatic rings. The van der Waals surface area contributed by atoms with Gasteiger partial charge in [-0.15, -0.1) is 11.3 Å². The lowest BCUT2D eigenvalue weighted by Gasteiger charge is -2.02. The molecule has 0 fully saturated rings. The van der Waals surface area contributed by atoms with E-state index < -0.39 is 0 Å². The van der Waals surface area contributed by atoms with E-state index in [1.54, 1.807) is 6.92 Å². The molecule has 0 aliphatic rings. The van der Waals surface area contributed by atoms with Crippen molar-refractivity contribution < 1.29 is 14.3 Å². The Balaban J connectivity index is 2.25. The molecule has 0 radical (unpaired) electrons. The molecule has 0 N–H and O–H groups in total. The van der Waals surface area contributed by atoms with Crippen LogP contribution in [-0.4, -0.2) is 24.2 Å². The van der Waals surface area contributed by atoms with Gasteiger partial charge in [-0.25, -0.2) is 9.78 Å². The minimum atomic E-state index is -0.363. The van der Waals surface area contributed by atoms with Gasteiger partial charge in [0.1, 0.15) is 10.8 Å². The number of aryl methyl sites for hydroxylation is 1. The van der Waals surface area contributed by atoms with E-state index in [1.165, 1.54) is 11.3 Å². The van der Waals surface area contributed by atoms with Crippen LogP contribution in [0.5, 0.6) is 5.75 Å². The summed E-state index contributed by atoms with van der Waals surface area (Å²) in [6.45, 7) is 6.61. The number of benzene rings is 1. The summed E-state index contributed by atoms with van der Waals surface area (Å²) >= 11 is 1.49. The van der Waals surface area contributed by atoms with Crippen LogP contribution in [0.1, 0.15) is 29.2 Å². The van der Waals surface area contributed by atoms with Gasteiger partial charge in [-0.05, 0) is 45.0 Å². The van der Waals surface area contributed by atoms with Gasteiger partial charge in [-0.3, -0.25) is 0 Å². The van der Waals surface area contributed by atoms with Gasteiger partial charge in [0.2, 0.25) is 0 Å². The first-order valence-electron chi connectivity index (χ1n) is 6.53. The second kappa shape index (κ2) is 6.52. The smallest absolute Gasteiger partial charge is 0.358 e. The Morgan fingerprint density at radius 1 is 1.20 bits per heavy atom. The third-order valence-electron chi connectivity index (χ3n) is 2.68. The number of hydrogen-bond donors (Lipinski definition) is 0. The lowest BCUT2D eigenvalue weighted by Crippen LogP contribution is -2.06. The number of carbonyl (C=O) groups excluding carboxylic acids is 1. The predicted octanol–water partition coefficient (Wildman–Crippen LogP) is 3.69. The quantitative estimate of drug-likeness (QED) is 0.788. The van der Waals surface area contributed by atoms with Crippen molar-refractivity contribution in [3.05, 3.63) is 34.8 Å². The van der Waals surface area contributed by atoms with Gasteiger partial charge in [0.25, 0.3) is 0 Å². The van der Waals surface area contributed by atoms with Gasteiger partial charge < -0.3 is 9.47 Å². The zero-order valence-corrected chi connectivity index (χ0v) is 12.6. The van der Waals surface area contributed by atoms with E-state index >= 15 is 0 Å². The van der Waals surface area contributed by atoms with Crippen molar-refractivity contribution in [1.29, 1.82) is 0 Å². The highest BCUT2D eigenvalue weighted by molar-refractivity contribution is 7.15. The van der Waals surface area contributed by atoms with E-state index in [0.717, 1.165) is 21.2 Å². The van der Waals surface area contributed by atoms with Crippen molar-refractivity contribution in [3.8, 4) is 16.3 Å². The molecule has 1 aromatic carbocycles. The molecule has 2 rings (SSSR count). The summed E-state index contributed by atoms with van der Waals surface area (Å²) in [5.41, 5.74) is 1.37. The summed E-state index contributed by atoms with van der Waals surface area (Å²) in [6, 6.07) is 7.69. The molecule has 106 valence electrons. The number of thiazole rings is 1. The van der Waals surface area contributed by atoms with Crippen molar-refractivity contribution >= 4 is 17.3 Å². The summed E-state index contributed by atoms with van der Waals surface area (Å²) in [5.74, 6) is 0.466. The van der Waals surface area contributed by atoms with Gasteiger partial charge in [-0.2, -0.15) is 0 Å². The van der Waals surface area contributed by atoms with Crippen LogP contribution in [0.2, 0.25) is 0 Å². The molecule has 0 aliphatic carbocycles. The maximum Gasteiger partial charge on any atom is 0.358 e. The number of carbonyl (C=O) groups is 1. The summed E-state index contributed by atoms with van der Waals surface area (Å²) < 4.78 is 10.4. The van der Waals surface area contributed by atoms with Crippen LogP contribution >= 0.6 is 11.3 Å². The van der Waals surface area contributed by atoms with E-state index in [9.17, 15) is 4.79 Å². The Morgan fingerprint density at radius 3 is 2.50 bits per heavy atom. The second-order valence-corrected chi connectivity index (χ2v) is 5.30. The first-order chi connectivity index (χ1) is 9.65. The number of aromatic nitrogens is 1. The Labute approximate surface area is 122 Å². The fourth-order valence-corrected chi connectivity index (χ4v) is 2.68. The van der Waals surface area contributed by atoms with Gasteiger partial charge >= 0.3 is 5.97 Å². The number of nitrogens with zero attached hydrogens (tertiary/aromatic N) is 1. The van der Waals surface area contributed by atoms with Crippen LogP contribution in [0.4, 0.5) is 0 Å². The highest BCUT2D eigenvalue weighted by Crippen LogP contribution is 2.29. The zero-order chi connectivity index (χ0) is 14.5. The van der Waals surface area contributed by atoms with Gasteiger partial charge in [0.05, 0.1) is 13.2 Å². The predicted molar refractivity (Wildman–Crippen MR) is 79.4 cm³/mol. The second-order valence-electron chi connectivity index (χ2n) is 4.10. The normalized spacial score (nSPS) is 10.3. The van der Waals surface area contributed by atoms with E-state index in [-0.39, 0.29) is 5.97 Å². The molecule has 5 heteroatoms. The minimum Gasteiger partial charge on any atom is -0.494 e. The third-order valence-corrected chi connectivity index (χ3v) is 3.70. The Bertz CT molecular complexity index is 590. The molecular formula is C15H17NO3S. The topological polar surface area (TPSA) is 48.4 Å². The van der Waals surface area contributed by atoms with Crippen molar-refractivity contribution in [2.24, 2.45) is 0 Å². The monoisotopic (exact) mass is 291 g/mol. The van der Waals surface area contributed by atoms with Crippen LogP contribution in [0, 0.1) is 6.92 Å². The van der Waals surface area contributed by atoms with E-state index in [0.29, 0.717) is 18.9 Å². The summed E-state index contributed by atoms with van der Waals surface area (Å²) in [4.78, 5) is 17.0. The molecule has 0 saturated heterocycles. The maximum atomic E-state index is 11.8. The lowest BCUT2D eigenvalue weighted by atomic mass is 10.2. The van der Waals surface area contributed by atoms with Crippen molar-refractivity contribution in [2.45, 2.75) is 20.8 Å². The first kappa shape index (κ1) is 14.5. The van der Waals surface area contributed by atoms with Gasteiger partial charge in [0, 0.05) is 10.4 Å². The largest absolute Gasteiger partial charge is 0.494 e. The molecule has 0 aliphatic heterocycles. The molecular weight excluding hydrogens is 274 g/mol. The molecule has 0 unspecified atom stereocenters. The Kier molecular flexibility index (Phi) is 4.74. The summed E-state index contributed by atoms with van der Waals surface area (Å²) in [6.07, 6.45) is 0. The molecule has 1 heterocycles. The van der Waals surface area contributed by atoms with E-state index in [1.807, 2.05) is 38.1 Å². The van der Waals surface area contributed by atoms with E-state index in [4.69, 9.17) is 9.47 Å². The average Bonchev–Trinajstić information content (AvgIpc) is 2.82. The number of esters is 1. The molecule has 0 atom stereocenters. The van der Waals surface area contributed by atoms with Crippen LogP contribution < -0.4 is 4.74 Å². The Hall–Kier alpha value is -1.88.